The maximum Gasteiger partial charge on any atom is 0.270 e. The summed E-state index contributed by atoms with van der Waals surface area (Å²) in [4.78, 5) is 17.3. The van der Waals surface area contributed by atoms with Gasteiger partial charge in [0.15, 0.2) is 4.32 Å². The zero-order valence-electron chi connectivity index (χ0n) is 16.4. The molecule has 0 saturated carbocycles. The van der Waals surface area contributed by atoms with Gasteiger partial charge in [-0.25, -0.2) is 0 Å². The summed E-state index contributed by atoms with van der Waals surface area (Å²) in [5.41, 5.74) is 2.81. The highest BCUT2D eigenvalue weighted by Crippen LogP contribution is 2.38. The van der Waals surface area contributed by atoms with E-state index in [0.717, 1.165) is 33.5 Å². The van der Waals surface area contributed by atoms with Crippen molar-refractivity contribution in [2.75, 3.05) is 31.0 Å². The molecule has 1 aliphatic rings. The number of rotatable bonds is 4. The molecule has 4 rings (SSSR count). The maximum absolute atomic E-state index is 13.1. The van der Waals surface area contributed by atoms with E-state index in [1.807, 2.05) is 85.7 Å². The number of thioether (sulfide) groups is 1. The van der Waals surface area contributed by atoms with E-state index in [1.165, 1.54) is 11.8 Å². The third kappa shape index (κ3) is 3.61. The molecular weight excluding hydrogens is 400 g/mol. The molecule has 1 saturated heterocycles. The van der Waals surface area contributed by atoms with Crippen LogP contribution in [0.4, 0.5) is 11.4 Å². The number of anilines is 2. The third-order valence-corrected chi connectivity index (χ3v) is 6.14. The molecule has 29 heavy (non-hydrogen) atoms. The first kappa shape index (κ1) is 19.5. The smallest absolute Gasteiger partial charge is 0.270 e. The molecule has 1 aliphatic heterocycles. The fourth-order valence-electron chi connectivity index (χ4n) is 3.33. The number of benzene rings is 3. The summed E-state index contributed by atoms with van der Waals surface area (Å²) in [7, 11) is 5.63. The average Bonchev–Trinajstić information content (AvgIpc) is 3.01. The van der Waals surface area contributed by atoms with Crippen molar-refractivity contribution < 1.29 is 9.53 Å². The molecule has 0 radical (unpaired) electrons. The van der Waals surface area contributed by atoms with Gasteiger partial charge in [-0.1, -0.05) is 54.3 Å². The summed E-state index contributed by atoms with van der Waals surface area (Å²) in [6, 6.07) is 19.7. The molecule has 1 amide bonds. The number of amides is 1. The lowest BCUT2D eigenvalue weighted by Gasteiger charge is -2.17. The number of hydrogen-bond acceptors (Lipinski definition) is 5. The van der Waals surface area contributed by atoms with Gasteiger partial charge in [0.25, 0.3) is 5.91 Å². The summed E-state index contributed by atoms with van der Waals surface area (Å²) in [5, 5.41) is 2.05. The summed E-state index contributed by atoms with van der Waals surface area (Å²) in [6.07, 6.45) is 1.91. The van der Waals surface area contributed by atoms with Gasteiger partial charge in [-0.2, -0.15) is 0 Å². The number of nitrogens with zero attached hydrogens (tertiary/aromatic N) is 2. The number of carbonyl (C=O) groups is 1. The van der Waals surface area contributed by atoms with Gasteiger partial charge in [0.1, 0.15) is 5.75 Å². The minimum atomic E-state index is -0.0995. The first-order chi connectivity index (χ1) is 14.0. The summed E-state index contributed by atoms with van der Waals surface area (Å²) in [6.45, 7) is 0. The second kappa shape index (κ2) is 7.89. The van der Waals surface area contributed by atoms with Crippen LogP contribution in [-0.2, 0) is 4.79 Å². The Balaban J connectivity index is 1.71. The highest BCUT2D eigenvalue weighted by Gasteiger charge is 2.33. The molecule has 0 N–H and O–H groups in total. The number of thiocarbonyl (C=S) groups is 1. The molecule has 0 aromatic heterocycles. The van der Waals surface area contributed by atoms with Gasteiger partial charge < -0.3 is 9.64 Å². The van der Waals surface area contributed by atoms with Gasteiger partial charge in [-0.3, -0.25) is 9.69 Å². The largest absolute Gasteiger partial charge is 0.496 e. The number of carbonyl (C=O) groups excluding carboxylic acids is 1. The quantitative estimate of drug-likeness (QED) is 0.421. The van der Waals surface area contributed by atoms with E-state index in [4.69, 9.17) is 17.0 Å². The van der Waals surface area contributed by atoms with E-state index in [2.05, 4.69) is 0 Å². The zero-order valence-corrected chi connectivity index (χ0v) is 18.0. The fraction of sp³-hybridized carbons (Fsp3) is 0.130. The molecule has 0 atom stereocenters. The van der Waals surface area contributed by atoms with Gasteiger partial charge >= 0.3 is 0 Å². The van der Waals surface area contributed by atoms with Crippen LogP contribution in [0.2, 0.25) is 0 Å². The predicted octanol–water partition coefficient (Wildman–Crippen LogP) is 5.32. The van der Waals surface area contributed by atoms with Gasteiger partial charge in [0, 0.05) is 25.2 Å². The maximum atomic E-state index is 13.1. The van der Waals surface area contributed by atoms with Gasteiger partial charge in [0.2, 0.25) is 0 Å². The van der Waals surface area contributed by atoms with Crippen LogP contribution in [-0.4, -0.2) is 31.4 Å². The van der Waals surface area contributed by atoms with Crippen molar-refractivity contribution in [2.45, 2.75) is 0 Å². The highest BCUT2D eigenvalue weighted by molar-refractivity contribution is 8.27. The molecule has 1 heterocycles. The SMILES string of the molecule is COc1ccc(/C=C2/SC(=S)N(c3ccc(N(C)C)cc3)C2=O)c2ccccc12. The Morgan fingerprint density at radius 1 is 1.00 bits per heavy atom. The number of hydrogen-bond donors (Lipinski definition) is 0. The lowest BCUT2D eigenvalue weighted by Crippen LogP contribution is -2.27. The minimum absolute atomic E-state index is 0.0995. The van der Waals surface area contributed by atoms with Crippen LogP contribution in [0.1, 0.15) is 5.56 Å². The van der Waals surface area contributed by atoms with Crippen molar-refractivity contribution in [1.82, 2.24) is 0 Å². The number of ether oxygens (including phenoxy) is 1. The first-order valence-electron chi connectivity index (χ1n) is 9.10. The summed E-state index contributed by atoms with van der Waals surface area (Å²) >= 11 is 6.84. The van der Waals surface area contributed by atoms with Gasteiger partial charge in [0.05, 0.1) is 17.7 Å². The summed E-state index contributed by atoms with van der Waals surface area (Å²) < 4.78 is 6.01. The Hall–Kier alpha value is -2.83. The standard InChI is InChI=1S/C23H20N2O2S2/c1-24(2)16-9-11-17(12-10-16)25-22(26)21(29-23(25)28)14-15-8-13-20(27-3)19-7-5-4-6-18(15)19/h4-14H,1-3H3/b21-14+. The molecule has 0 unspecified atom stereocenters. The Kier molecular flexibility index (Phi) is 5.30. The second-order valence-corrected chi connectivity index (χ2v) is 8.51. The van der Waals surface area contributed by atoms with E-state index in [0.29, 0.717) is 9.23 Å². The molecule has 6 heteroatoms. The fourth-order valence-corrected chi connectivity index (χ4v) is 4.62. The van der Waals surface area contributed by atoms with E-state index < -0.39 is 0 Å². The van der Waals surface area contributed by atoms with Crippen LogP contribution in [0.25, 0.3) is 16.8 Å². The Morgan fingerprint density at radius 3 is 2.34 bits per heavy atom. The molecule has 0 aliphatic carbocycles. The minimum Gasteiger partial charge on any atom is -0.496 e. The molecule has 3 aromatic rings. The monoisotopic (exact) mass is 420 g/mol. The van der Waals surface area contributed by atoms with E-state index in [-0.39, 0.29) is 5.91 Å². The van der Waals surface area contributed by atoms with Crippen LogP contribution in [0.15, 0.2) is 65.6 Å². The average molecular weight is 421 g/mol. The van der Waals surface area contributed by atoms with Crippen LogP contribution in [0.3, 0.4) is 0 Å². The third-order valence-electron chi connectivity index (χ3n) is 4.84. The molecule has 0 spiro atoms. The molecule has 1 fully saturated rings. The predicted molar refractivity (Wildman–Crippen MR) is 127 cm³/mol. The van der Waals surface area contributed by atoms with Crippen LogP contribution < -0.4 is 14.5 Å². The first-order valence-corrected chi connectivity index (χ1v) is 10.3. The Bertz CT molecular complexity index is 1140. The van der Waals surface area contributed by atoms with Crippen molar-refractivity contribution in [3.8, 4) is 5.75 Å². The lowest BCUT2D eigenvalue weighted by molar-refractivity contribution is -0.113. The van der Waals surface area contributed by atoms with Gasteiger partial charge in [-0.05, 0) is 47.4 Å². The number of methoxy groups -OCH3 is 1. The second-order valence-electron chi connectivity index (χ2n) is 6.83. The van der Waals surface area contributed by atoms with Crippen molar-refractivity contribution in [1.29, 1.82) is 0 Å². The lowest BCUT2D eigenvalue weighted by atomic mass is 10.0. The van der Waals surface area contributed by atoms with E-state index >= 15 is 0 Å². The van der Waals surface area contributed by atoms with E-state index in [1.54, 1.807) is 12.0 Å². The van der Waals surface area contributed by atoms with Crippen molar-refractivity contribution in [3.05, 3.63) is 71.1 Å². The molecule has 4 nitrogen and oxygen atoms in total. The summed E-state index contributed by atoms with van der Waals surface area (Å²) in [5.74, 6) is 0.712. The molecule has 0 bridgehead atoms. The van der Waals surface area contributed by atoms with Crippen LogP contribution >= 0.6 is 24.0 Å². The van der Waals surface area contributed by atoms with Gasteiger partial charge in [-0.15, -0.1) is 0 Å². The van der Waals surface area contributed by atoms with E-state index in [9.17, 15) is 4.79 Å². The van der Waals surface area contributed by atoms with Crippen LogP contribution in [0.5, 0.6) is 5.75 Å². The molecule has 3 aromatic carbocycles. The van der Waals surface area contributed by atoms with Crippen molar-refractivity contribution in [2.24, 2.45) is 0 Å². The van der Waals surface area contributed by atoms with Crippen molar-refractivity contribution >= 4 is 62.4 Å². The zero-order chi connectivity index (χ0) is 20.5. The van der Waals surface area contributed by atoms with Crippen LogP contribution in [0, 0.1) is 0 Å². The topological polar surface area (TPSA) is 32.8 Å². The Labute approximate surface area is 179 Å². The molecule has 146 valence electrons. The molecular formula is C23H20N2O2S2. The number of fused-ring (bicyclic) bond motifs is 1. The normalized spacial score (nSPS) is 15.4. The highest BCUT2D eigenvalue weighted by atomic mass is 32.2. The Morgan fingerprint density at radius 2 is 1.69 bits per heavy atom. The van der Waals surface area contributed by atoms with Crippen molar-refractivity contribution in [3.63, 3.8) is 0 Å².